The van der Waals surface area contributed by atoms with Crippen LogP contribution in [0, 0.1) is 0 Å². The van der Waals surface area contributed by atoms with Crippen LogP contribution in [0.15, 0.2) is 35.1 Å². The molecule has 0 aliphatic rings. The Morgan fingerprint density at radius 2 is 2.15 bits per heavy atom. The van der Waals surface area contributed by atoms with Crippen molar-refractivity contribution in [2.75, 3.05) is 7.11 Å². The van der Waals surface area contributed by atoms with E-state index in [0.717, 1.165) is 10.0 Å². The fourth-order valence-corrected chi connectivity index (χ4v) is 2.49. The first kappa shape index (κ1) is 14.7. The van der Waals surface area contributed by atoms with Crippen molar-refractivity contribution in [2.24, 2.45) is 5.73 Å². The number of carbonyl (C=O) groups excluding carboxylic acids is 1. The van der Waals surface area contributed by atoms with Crippen LogP contribution >= 0.6 is 15.9 Å². The Kier molecular flexibility index (Phi) is 4.51. The molecule has 2 rings (SSSR count). The van der Waals surface area contributed by atoms with E-state index in [1.165, 1.54) is 13.4 Å². The molecule has 0 saturated carbocycles. The monoisotopic (exact) mass is 338 g/mol. The van der Waals surface area contributed by atoms with Gasteiger partial charge in [0.05, 0.1) is 13.2 Å². The van der Waals surface area contributed by atoms with Gasteiger partial charge in [0.25, 0.3) is 5.82 Å². The summed E-state index contributed by atoms with van der Waals surface area (Å²) in [7, 11) is 1.29. The van der Waals surface area contributed by atoms with E-state index in [1.54, 1.807) is 4.68 Å². The quantitative estimate of drug-likeness (QED) is 0.859. The zero-order valence-corrected chi connectivity index (χ0v) is 12.7. The molecule has 1 aromatic heterocycles. The van der Waals surface area contributed by atoms with Crippen LogP contribution in [-0.4, -0.2) is 33.9 Å². The zero-order chi connectivity index (χ0) is 14.7. The van der Waals surface area contributed by atoms with Crippen molar-refractivity contribution in [1.82, 2.24) is 14.8 Å². The lowest BCUT2D eigenvalue weighted by Gasteiger charge is -2.22. The van der Waals surface area contributed by atoms with Gasteiger partial charge in [-0.2, -0.15) is 0 Å². The molecule has 2 atom stereocenters. The highest BCUT2D eigenvalue weighted by Gasteiger charge is 2.23. The van der Waals surface area contributed by atoms with Crippen LogP contribution in [0.25, 0.3) is 0 Å². The minimum Gasteiger partial charge on any atom is -0.463 e. The van der Waals surface area contributed by atoms with E-state index in [-0.39, 0.29) is 17.9 Å². The third kappa shape index (κ3) is 2.88. The Labute approximate surface area is 125 Å². The van der Waals surface area contributed by atoms with Crippen LogP contribution in [0.5, 0.6) is 0 Å². The van der Waals surface area contributed by atoms with Crippen molar-refractivity contribution >= 4 is 21.9 Å². The molecule has 0 saturated heterocycles. The molecule has 6 nitrogen and oxygen atoms in total. The lowest BCUT2D eigenvalue weighted by Crippen LogP contribution is -2.31. The fraction of sp³-hybridized carbons (Fsp3) is 0.308. The van der Waals surface area contributed by atoms with Gasteiger partial charge in [-0.25, -0.2) is 14.5 Å². The summed E-state index contributed by atoms with van der Waals surface area (Å²) in [6.07, 6.45) is 1.49. The molecular weight excluding hydrogens is 324 g/mol. The van der Waals surface area contributed by atoms with Crippen LogP contribution in [0.4, 0.5) is 0 Å². The summed E-state index contributed by atoms with van der Waals surface area (Å²) in [6, 6.07) is 7.30. The predicted molar refractivity (Wildman–Crippen MR) is 77.3 cm³/mol. The molecule has 2 aromatic rings. The molecule has 0 bridgehead atoms. The second kappa shape index (κ2) is 6.15. The van der Waals surface area contributed by atoms with E-state index < -0.39 is 5.97 Å². The Morgan fingerprint density at radius 1 is 1.45 bits per heavy atom. The Morgan fingerprint density at radius 3 is 2.75 bits per heavy atom. The Hall–Kier alpha value is -1.73. The summed E-state index contributed by atoms with van der Waals surface area (Å²) in [6.45, 7) is 1.88. The number of ether oxygens (including phenoxy) is 1. The van der Waals surface area contributed by atoms with Crippen LogP contribution in [0.1, 0.15) is 29.1 Å². The summed E-state index contributed by atoms with van der Waals surface area (Å²) in [5.74, 6) is -0.551. The molecule has 2 unspecified atom stereocenters. The number of rotatable bonds is 4. The van der Waals surface area contributed by atoms with E-state index in [1.807, 2.05) is 31.2 Å². The summed E-state index contributed by atoms with van der Waals surface area (Å²) in [5, 5.41) is 4.15. The van der Waals surface area contributed by atoms with Crippen molar-refractivity contribution in [3.05, 3.63) is 46.5 Å². The smallest absolute Gasteiger partial charge is 0.377 e. The van der Waals surface area contributed by atoms with Gasteiger partial charge >= 0.3 is 5.97 Å². The van der Waals surface area contributed by atoms with Crippen LogP contribution < -0.4 is 5.73 Å². The Balaban J connectivity index is 2.42. The Bertz CT molecular complexity index is 612. The third-order valence-electron chi connectivity index (χ3n) is 2.88. The zero-order valence-electron chi connectivity index (χ0n) is 11.2. The van der Waals surface area contributed by atoms with Gasteiger partial charge < -0.3 is 10.5 Å². The molecule has 1 aromatic carbocycles. The molecule has 7 heteroatoms. The fourth-order valence-electron chi connectivity index (χ4n) is 1.98. The van der Waals surface area contributed by atoms with Crippen molar-refractivity contribution < 1.29 is 9.53 Å². The molecule has 0 fully saturated rings. The maximum atomic E-state index is 11.4. The molecular formula is C13H15BrN4O2. The lowest BCUT2D eigenvalue weighted by atomic mass is 10.0. The number of carbonyl (C=O) groups is 1. The minimum atomic E-state index is -0.570. The van der Waals surface area contributed by atoms with Gasteiger partial charge in [0.2, 0.25) is 0 Å². The van der Waals surface area contributed by atoms with Crippen molar-refractivity contribution in [2.45, 2.75) is 19.0 Å². The van der Waals surface area contributed by atoms with Gasteiger partial charge in [0.1, 0.15) is 6.33 Å². The summed E-state index contributed by atoms with van der Waals surface area (Å²) in [5.41, 5.74) is 7.04. The van der Waals surface area contributed by atoms with Crippen molar-refractivity contribution in [3.8, 4) is 0 Å². The summed E-state index contributed by atoms with van der Waals surface area (Å²) >= 11 is 3.50. The van der Waals surface area contributed by atoms with E-state index in [9.17, 15) is 4.79 Å². The number of halogens is 1. The average Bonchev–Trinajstić information content (AvgIpc) is 2.89. The van der Waals surface area contributed by atoms with Crippen LogP contribution in [-0.2, 0) is 4.74 Å². The molecule has 2 N–H and O–H groups in total. The number of hydrogen-bond donors (Lipinski definition) is 1. The number of nitrogens with zero attached hydrogens (tertiary/aromatic N) is 3. The normalized spacial score (nSPS) is 13.8. The molecule has 0 aliphatic carbocycles. The number of aromatic nitrogens is 3. The number of nitrogens with two attached hydrogens (primary N) is 1. The third-order valence-corrected chi connectivity index (χ3v) is 3.61. The molecule has 20 heavy (non-hydrogen) atoms. The molecule has 1 heterocycles. The summed E-state index contributed by atoms with van der Waals surface area (Å²) in [4.78, 5) is 15.4. The van der Waals surface area contributed by atoms with E-state index in [4.69, 9.17) is 5.73 Å². The van der Waals surface area contributed by atoms with Gasteiger partial charge in [-0.1, -0.05) is 34.1 Å². The summed E-state index contributed by atoms with van der Waals surface area (Å²) < 4.78 is 7.11. The molecule has 0 amide bonds. The first-order chi connectivity index (χ1) is 9.54. The topological polar surface area (TPSA) is 83.0 Å². The van der Waals surface area contributed by atoms with Gasteiger partial charge in [0.15, 0.2) is 0 Å². The van der Waals surface area contributed by atoms with Gasteiger partial charge in [-0.15, -0.1) is 5.10 Å². The highest BCUT2D eigenvalue weighted by molar-refractivity contribution is 9.10. The molecule has 106 valence electrons. The van der Waals surface area contributed by atoms with E-state index in [0.29, 0.717) is 0 Å². The van der Waals surface area contributed by atoms with Crippen LogP contribution in [0.2, 0.25) is 0 Å². The van der Waals surface area contributed by atoms with E-state index >= 15 is 0 Å². The second-order valence-electron chi connectivity index (χ2n) is 4.37. The highest BCUT2D eigenvalue weighted by Crippen LogP contribution is 2.27. The predicted octanol–water partition coefficient (Wildman–Crippen LogP) is 1.76. The molecule has 0 spiro atoms. The number of hydrogen-bond acceptors (Lipinski definition) is 5. The highest BCUT2D eigenvalue weighted by atomic mass is 79.9. The lowest BCUT2D eigenvalue weighted by molar-refractivity contribution is 0.0586. The van der Waals surface area contributed by atoms with Gasteiger partial charge in [-0.3, -0.25) is 0 Å². The SMILES string of the molecule is COC(=O)c1ncn(C(c2ccccc2Br)C(C)N)n1. The molecule has 0 aliphatic heterocycles. The first-order valence-corrected chi connectivity index (χ1v) is 6.83. The first-order valence-electron chi connectivity index (χ1n) is 6.04. The second-order valence-corrected chi connectivity index (χ2v) is 5.22. The molecule has 0 radical (unpaired) electrons. The minimum absolute atomic E-state index is 0.0187. The van der Waals surface area contributed by atoms with Crippen molar-refractivity contribution in [1.29, 1.82) is 0 Å². The largest absolute Gasteiger partial charge is 0.463 e. The van der Waals surface area contributed by atoms with Gasteiger partial charge in [-0.05, 0) is 18.6 Å². The standard InChI is InChI=1S/C13H15BrN4O2/c1-8(15)11(9-5-3-4-6-10(9)14)18-7-16-12(17-18)13(19)20-2/h3-8,11H,15H2,1-2H3. The maximum absolute atomic E-state index is 11.4. The van der Waals surface area contributed by atoms with Crippen LogP contribution in [0.3, 0.4) is 0 Å². The van der Waals surface area contributed by atoms with E-state index in [2.05, 4.69) is 30.7 Å². The maximum Gasteiger partial charge on any atom is 0.377 e. The van der Waals surface area contributed by atoms with Crippen molar-refractivity contribution in [3.63, 3.8) is 0 Å². The van der Waals surface area contributed by atoms with Gasteiger partial charge in [0, 0.05) is 10.5 Å². The average molecular weight is 339 g/mol. The number of esters is 1. The number of benzene rings is 1. The number of methoxy groups -OCH3 is 1.